The van der Waals surface area contributed by atoms with Crippen molar-refractivity contribution in [1.29, 1.82) is 0 Å². The Kier molecular flexibility index (Phi) is 2.76. The highest BCUT2D eigenvalue weighted by molar-refractivity contribution is 5.65. The number of nitrogens with one attached hydrogen (secondary N) is 1. The molecule has 2 heterocycles. The van der Waals surface area contributed by atoms with Crippen LogP contribution in [0.1, 0.15) is 24.8 Å². The maximum absolute atomic E-state index is 4.62. The summed E-state index contributed by atoms with van der Waals surface area (Å²) in [5.74, 6) is 1.53. The average Bonchev–Trinajstić information content (AvgIpc) is 3.31. The number of hydrogen-bond acceptors (Lipinski definition) is 5. The van der Waals surface area contributed by atoms with Gasteiger partial charge >= 0.3 is 0 Å². The fraction of sp³-hybridized carbons (Fsp3) is 0.400. The zero-order valence-electron chi connectivity index (χ0n) is 11.3. The minimum absolute atomic E-state index is 0.542. The normalized spacial score (nSPS) is 17.7. The zero-order valence-corrected chi connectivity index (χ0v) is 11.3. The van der Waals surface area contributed by atoms with Gasteiger partial charge in [-0.15, -0.1) is 5.10 Å². The predicted molar refractivity (Wildman–Crippen MR) is 78.2 cm³/mol. The highest BCUT2D eigenvalue weighted by atomic mass is 15.3. The van der Waals surface area contributed by atoms with E-state index in [1.54, 1.807) is 6.20 Å². The molecule has 1 fully saturated rings. The van der Waals surface area contributed by atoms with E-state index in [-0.39, 0.29) is 0 Å². The van der Waals surface area contributed by atoms with Gasteiger partial charge in [0.25, 0.3) is 0 Å². The van der Waals surface area contributed by atoms with Gasteiger partial charge in [-0.25, -0.2) is 0 Å². The Bertz CT molecular complexity index is 623. The lowest BCUT2D eigenvalue weighted by Crippen LogP contribution is -2.26. The molecule has 5 heteroatoms. The summed E-state index contributed by atoms with van der Waals surface area (Å²) in [5.41, 5.74) is 2.63. The van der Waals surface area contributed by atoms with Crippen LogP contribution in [0.2, 0.25) is 0 Å². The van der Waals surface area contributed by atoms with Crippen LogP contribution < -0.4 is 10.2 Å². The number of nitrogens with zero attached hydrogens (tertiary/aromatic N) is 4. The summed E-state index contributed by atoms with van der Waals surface area (Å²) in [6, 6.07) is 9.07. The second kappa shape index (κ2) is 4.74. The molecular formula is C15H17N5. The summed E-state index contributed by atoms with van der Waals surface area (Å²) < 4.78 is 0. The van der Waals surface area contributed by atoms with E-state index in [4.69, 9.17) is 0 Å². The quantitative estimate of drug-likeness (QED) is 0.926. The van der Waals surface area contributed by atoms with E-state index in [9.17, 15) is 0 Å². The zero-order chi connectivity index (χ0) is 13.4. The maximum atomic E-state index is 4.62. The summed E-state index contributed by atoms with van der Waals surface area (Å²) in [6.45, 7) is 0.985. The molecule has 2 aromatic rings. The van der Waals surface area contributed by atoms with Crippen LogP contribution in [0.3, 0.4) is 0 Å². The van der Waals surface area contributed by atoms with Gasteiger partial charge < -0.3 is 10.2 Å². The lowest BCUT2D eigenvalue weighted by atomic mass is 10.0. The van der Waals surface area contributed by atoms with Crippen molar-refractivity contribution in [3.63, 3.8) is 0 Å². The molecule has 0 amide bonds. The van der Waals surface area contributed by atoms with Gasteiger partial charge in [-0.3, -0.25) is 0 Å². The molecule has 5 nitrogen and oxygen atoms in total. The number of fused-ring (bicyclic) bond motifs is 1. The van der Waals surface area contributed by atoms with Crippen molar-refractivity contribution in [2.24, 2.45) is 0 Å². The number of hydrogen-bond donors (Lipinski definition) is 1. The summed E-state index contributed by atoms with van der Waals surface area (Å²) in [4.78, 5) is 6.86. The van der Waals surface area contributed by atoms with Crippen molar-refractivity contribution in [3.05, 3.63) is 36.0 Å². The number of para-hydroxylation sites is 1. The Morgan fingerprint density at radius 1 is 1.20 bits per heavy atom. The molecule has 1 aliphatic carbocycles. The molecule has 2 aliphatic rings. The number of benzene rings is 1. The average molecular weight is 267 g/mol. The molecule has 0 unspecified atom stereocenters. The third kappa shape index (κ3) is 2.19. The molecule has 0 spiro atoms. The lowest BCUT2D eigenvalue weighted by Gasteiger charge is -2.30. The fourth-order valence-electron chi connectivity index (χ4n) is 2.67. The van der Waals surface area contributed by atoms with E-state index in [2.05, 4.69) is 49.7 Å². The third-order valence-corrected chi connectivity index (χ3v) is 3.84. The smallest absolute Gasteiger partial charge is 0.244 e. The van der Waals surface area contributed by atoms with Gasteiger partial charge in [0.2, 0.25) is 5.95 Å². The van der Waals surface area contributed by atoms with E-state index in [0.29, 0.717) is 12.0 Å². The maximum Gasteiger partial charge on any atom is 0.244 e. The Hall–Kier alpha value is -2.17. The molecule has 1 aromatic carbocycles. The van der Waals surface area contributed by atoms with Crippen LogP contribution in [-0.2, 0) is 6.42 Å². The molecule has 102 valence electrons. The molecule has 0 radical (unpaired) electrons. The molecule has 0 atom stereocenters. The van der Waals surface area contributed by atoms with E-state index in [1.807, 2.05) is 0 Å². The van der Waals surface area contributed by atoms with Crippen LogP contribution in [0.15, 0.2) is 30.5 Å². The van der Waals surface area contributed by atoms with Gasteiger partial charge in [0.1, 0.15) is 0 Å². The first-order valence-corrected chi connectivity index (χ1v) is 7.22. The van der Waals surface area contributed by atoms with Crippen molar-refractivity contribution in [3.8, 4) is 0 Å². The summed E-state index contributed by atoms with van der Waals surface area (Å²) >= 11 is 0. The SMILES string of the molecule is c1ccc2c(c1)CCCN2c1cnnc(NC2CC2)n1. The first kappa shape index (κ1) is 11.6. The van der Waals surface area contributed by atoms with Crippen LogP contribution >= 0.6 is 0 Å². The summed E-state index contributed by atoms with van der Waals surface area (Å²) in [5, 5.41) is 11.5. The standard InChI is InChI=1S/C15H17N5/c1-2-6-13-11(4-1)5-3-9-20(13)14-10-16-19-15(18-14)17-12-7-8-12/h1-2,4,6,10,12H,3,5,7-9H2,(H,17,18,19). The first-order chi connectivity index (χ1) is 9.90. The van der Waals surface area contributed by atoms with Crippen molar-refractivity contribution >= 4 is 17.5 Å². The number of anilines is 3. The van der Waals surface area contributed by atoms with Crippen LogP contribution in [0.25, 0.3) is 0 Å². The number of rotatable bonds is 3. The van der Waals surface area contributed by atoms with Gasteiger partial charge in [0.05, 0.1) is 6.20 Å². The highest BCUT2D eigenvalue weighted by Gasteiger charge is 2.23. The van der Waals surface area contributed by atoms with Gasteiger partial charge in [-0.2, -0.15) is 10.1 Å². The Morgan fingerprint density at radius 3 is 3.00 bits per heavy atom. The van der Waals surface area contributed by atoms with Gasteiger partial charge in [-0.05, 0) is 37.3 Å². The van der Waals surface area contributed by atoms with Crippen molar-refractivity contribution in [2.75, 3.05) is 16.8 Å². The summed E-state index contributed by atoms with van der Waals surface area (Å²) in [7, 11) is 0. The van der Waals surface area contributed by atoms with Crippen molar-refractivity contribution in [2.45, 2.75) is 31.7 Å². The molecule has 0 bridgehead atoms. The highest BCUT2D eigenvalue weighted by Crippen LogP contribution is 2.32. The number of aromatic nitrogens is 3. The Balaban J connectivity index is 1.67. The topological polar surface area (TPSA) is 53.9 Å². The fourth-order valence-corrected chi connectivity index (χ4v) is 2.67. The molecule has 20 heavy (non-hydrogen) atoms. The predicted octanol–water partition coefficient (Wildman–Crippen LogP) is 2.53. The van der Waals surface area contributed by atoms with Crippen molar-refractivity contribution < 1.29 is 0 Å². The van der Waals surface area contributed by atoms with Crippen LogP contribution in [0.4, 0.5) is 17.5 Å². The van der Waals surface area contributed by atoms with E-state index in [0.717, 1.165) is 25.2 Å². The van der Waals surface area contributed by atoms with E-state index < -0.39 is 0 Å². The molecule has 1 saturated carbocycles. The van der Waals surface area contributed by atoms with Crippen LogP contribution in [0, 0.1) is 0 Å². The Morgan fingerprint density at radius 2 is 2.10 bits per heavy atom. The van der Waals surface area contributed by atoms with E-state index in [1.165, 1.54) is 24.1 Å². The van der Waals surface area contributed by atoms with Crippen LogP contribution in [-0.4, -0.2) is 27.8 Å². The van der Waals surface area contributed by atoms with Crippen LogP contribution in [0.5, 0.6) is 0 Å². The summed E-state index contributed by atoms with van der Waals surface area (Å²) in [6.07, 6.45) is 6.45. The van der Waals surface area contributed by atoms with Gasteiger partial charge in [0.15, 0.2) is 5.82 Å². The molecular weight excluding hydrogens is 250 g/mol. The monoisotopic (exact) mass is 267 g/mol. The molecule has 1 N–H and O–H groups in total. The minimum atomic E-state index is 0.542. The molecule has 0 saturated heterocycles. The van der Waals surface area contributed by atoms with Crippen molar-refractivity contribution in [1.82, 2.24) is 15.2 Å². The number of aryl methyl sites for hydroxylation is 1. The minimum Gasteiger partial charge on any atom is -0.350 e. The second-order valence-corrected chi connectivity index (χ2v) is 5.44. The molecule has 1 aromatic heterocycles. The van der Waals surface area contributed by atoms with Gasteiger partial charge in [0, 0.05) is 18.3 Å². The van der Waals surface area contributed by atoms with E-state index >= 15 is 0 Å². The molecule has 1 aliphatic heterocycles. The third-order valence-electron chi connectivity index (χ3n) is 3.84. The molecule has 4 rings (SSSR count). The first-order valence-electron chi connectivity index (χ1n) is 7.22. The lowest BCUT2D eigenvalue weighted by molar-refractivity contribution is 0.754. The second-order valence-electron chi connectivity index (χ2n) is 5.44. The Labute approximate surface area is 118 Å². The van der Waals surface area contributed by atoms with Gasteiger partial charge in [-0.1, -0.05) is 18.2 Å². The largest absolute Gasteiger partial charge is 0.350 e.